The summed E-state index contributed by atoms with van der Waals surface area (Å²) in [5, 5.41) is 0. The van der Waals surface area contributed by atoms with E-state index in [1.807, 2.05) is 0 Å². The first-order chi connectivity index (χ1) is 10.3. The van der Waals surface area contributed by atoms with E-state index in [4.69, 9.17) is 0 Å². The van der Waals surface area contributed by atoms with Crippen LogP contribution < -0.4 is 0 Å². The Kier molecular flexibility index (Phi) is 2.63. The zero-order valence-corrected chi connectivity index (χ0v) is 15.1. The second-order valence-corrected chi connectivity index (χ2v) is 11.0. The van der Waals surface area contributed by atoms with E-state index >= 15 is 0 Å². The first kappa shape index (κ1) is 12.8. The van der Waals surface area contributed by atoms with Crippen LogP contribution in [0.5, 0.6) is 0 Å². The molecule has 8 bridgehead atoms. The predicted molar refractivity (Wildman–Crippen MR) is 94.3 cm³/mol. The van der Waals surface area contributed by atoms with Crippen LogP contribution in [0, 0.1) is 47.3 Å². The van der Waals surface area contributed by atoms with Gasteiger partial charge in [0, 0.05) is 3.92 Å². The van der Waals surface area contributed by atoms with Gasteiger partial charge in [-0.1, -0.05) is 33.7 Å². The van der Waals surface area contributed by atoms with Crippen molar-refractivity contribution in [2.75, 3.05) is 0 Å². The van der Waals surface area contributed by atoms with Gasteiger partial charge < -0.3 is 0 Å². The highest BCUT2D eigenvalue weighted by Gasteiger charge is 2.54. The van der Waals surface area contributed by atoms with E-state index in [1.54, 1.807) is 57.8 Å². The summed E-state index contributed by atoms with van der Waals surface area (Å²) < 4.78 is 0.995. The van der Waals surface area contributed by atoms with Crippen molar-refractivity contribution in [3.63, 3.8) is 0 Å². The van der Waals surface area contributed by atoms with E-state index in [9.17, 15) is 0 Å². The van der Waals surface area contributed by atoms with Gasteiger partial charge in [-0.25, -0.2) is 0 Å². The van der Waals surface area contributed by atoms with E-state index in [2.05, 4.69) is 33.7 Å². The molecule has 0 aliphatic heterocycles. The van der Waals surface area contributed by atoms with E-state index < -0.39 is 0 Å². The molecule has 1 heteroatoms. The molecule has 8 rings (SSSR count). The lowest BCUT2D eigenvalue weighted by molar-refractivity contribution is 0.0471. The highest BCUT2D eigenvalue weighted by Crippen LogP contribution is 2.64. The molecule has 0 aromatic rings. The Morgan fingerprint density at radius 3 is 1.81 bits per heavy atom. The molecule has 114 valence electrons. The van der Waals surface area contributed by atoms with Crippen LogP contribution in [0.15, 0.2) is 11.1 Å². The van der Waals surface area contributed by atoms with Crippen molar-refractivity contribution in [3.05, 3.63) is 11.1 Å². The van der Waals surface area contributed by atoms with Gasteiger partial charge >= 0.3 is 0 Å². The molecule has 1 unspecified atom stereocenters. The summed E-state index contributed by atoms with van der Waals surface area (Å²) in [6.45, 7) is 0. The van der Waals surface area contributed by atoms with Crippen molar-refractivity contribution >= 4 is 22.6 Å². The zero-order chi connectivity index (χ0) is 13.7. The fourth-order valence-corrected chi connectivity index (χ4v) is 9.49. The lowest BCUT2D eigenvalue weighted by atomic mass is 9.48. The minimum atomic E-state index is 0.995. The summed E-state index contributed by atoms with van der Waals surface area (Å²) >= 11 is 2.86. The molecule has 8 aliphatic carbocycles. The van der Waals surface area contributed by atoms with Crippen molar-refractivity contribution in [2.45, 2.75) is 61.7 Å². The fraction of sp³-hybridized carbons (Fsp3) is 0.900. The lowest BCUT2D eigenvalue weighted by Gasteiger charge is -2.59. The highest BCUT2D eigenvalue weighted by atomic mass is 127. The third kappa shape index (κ3) is 1.68. The van der Waals surface area contributed by atoms with Crippen LogP contribution in [-0.4, -0.2) is 3.92 Å². The smallest absolute Gasteiger partial charge is 0.0204 e. The lowest BCUT2D eigenvalue weighted by Crippen LogP contribution is -2.50. The van der Waals surface area contributed by atoms with Crippen LogP contribution in [0.25, 0.3) is 0 Å². The van der Waals surface area contributed by atoms with Crippen molar-refractivity contribution < 1.29 is 0 Å². The fourth-order valence-electron chi connectivity index (χ4n) is 8.22. The molecule has 0 nitrogen and oxygen atoms in total. The molecule has 21 heavy (non-hydrogen) atoms. The van der Waals surface area contributed by atoms with Crippen LogP contribution in [-0.2, 0) is 0 Å². The molecule has 0 amide bonds. The molecule has 0 radical (unpaired) electrons. The second kappa shape index (κ2) is 4.30. The summed E-state index contributed by atoms with van der Waals surface area (Å²) in [6, 6.07) is 0. The summed E-state index contributed by atoms with van der Waals surface area (Å²) in [5.74, 6) is 8.64. The van der Waals surface area contributed by atoms with Crippen molar-refractivity contribution in [1.29, 1.82) is 0 Å². The minimum Gasteiger partial charge on any atom is -0.0817 e. The average Bonchev–Trinajstić information content (AvgIpc) is 2.45. The van der Waals surface area contributed by atoms with Gasteiger partial charge in [0.15, 0.2) is 0 Å². The van der Waals surface area contributed by atoms with Gasteiger partial charge in [0.05, 0.1) is 0 Å². The molecule has 0 N–H and O–H groups in total. The second-order valence-electron chi connectivity index (χ2n) is 9.53. The van der Waals surface area contributed by atoms with Crippen LogP contribution >= 0.6 is 22.6 Å². The molecule has 5 atom stereocenters. The maximum atomic E-state index is 2.86. The molecule has 0 spiro atoms. The van der Waals surface area contributed by atoms with Gasteiger partial charge in [-0.3, -0.25) is 0 Å². The Bertz CT molecular complexity index is 488. The number of hydrogen-bond acceptors (Lipinski definition) is 0. The summed E-state index contributed by atoms with van der Waals surface area (Å²) in [4.78, 5) is 0. The summed E-state index contributed by atoms with van der Waals surface area (Å²) in [5.41, 5.74) is 4.19. The molecular weight excluding hydrogens is 367 g/mol. The number of halogens is 1. The summed E-state index contributed by atoms with van der Waals surface area (Å²) in [6.07, 6.45) is 14.3. The minimum absolute atomic E-state index is 0.995. The zero-order valence-electron chi connectivity index (χ0n) is 12.9. The molecule has 0 saturated heterocycles. The molecule has 0 heterocycles. The Hall–Kier alpha value is 0.470. The van der Waals surface area contributed by atoms with Gasteiger partial charge in [0.25, 0.3) is 0 Å². The first-order valence-electron chi connectivity index (χ1n) is 9.64. The van der Waals surface area contributed by atoms with Crippen molar-refractivity contribution in [3.8, 4) is 0 Å². The molecule has 8 fully saturated rings. The van der Waals surface area contributed by atoms with Gasteiger partial charge in [-0.15, -0.1) is 0 Å². The van der Waals surface area contributed by atoms with Crippen LogP contribution in [0.4, 0.5) is 0 Å². The van der Waals surface area contributed by atoms with Gasteiger partial charge in [-0.2, -0.15) is 0 Å². The Balaban J connectivity index is 1.47. The number of rotatable bonds is 0. The third-order valence-corrected chi connectivity index (χ3v) is 10.3. The third-order valence-electron chi connectivity index (χ3n) is 8.45. The van der Waals surface area contributed by atoms with Crippen molar-refractivity contribution in [2.24, 2.45) is 47.3 Å². The number of hydrogen-bond donors (Lipinski definition) is 0. The van der Waals surface area contributed by atoms with Crippen molar-refractivity contribution in [1.82, 2.24) is 0 Å². The normalized spacial score (nSPS) is 60.1. The quantitative estimate of drug-likeness (QED) is 0.285. The monoisotopic (exact) mass is 394 g/mol. The Morgan fingerprint density at radius 1 is 0.571 bits per heavy atom. The van der Waals surface area contributed by atoms with Gasteiger partial charge in [0.2, 0.25) is 0 Å². The molecule has 8 aliphatic rings. The first-order valence-corrected chi connectivity index (χ1v) is 10.9. The standard InChI is InChI=1S/C20H27I/c21-20-16-7-12-6-15(9-16)19(17(20)8-12)18-13-2-10-1-11(4-13)5-14(18)3-10/h10-17,20H,1-9H2/t10?,11?,12-,13?,14?,15+,16-,17+,20?/m1/s1. The predicted octanol–water partition coefficient (Wildman–Crippen LogP) is 5.61. The van der Waals surface area contributed by atoms with Crippen LogP contribution in [0.3, 0.4) is 0 Å². The molecule has 8 saturated carbocycles. The molecule has 0 aromatic carbocycles. The highest BCUT2D eigenvalue weighted by molar-refractivity contribution is 14.1. The topological polar surface area (TPSA) is 0 Å². The maximum absolute atomic E-state index is 2.86. The van der Waals surface area contributed by atoms with E-state index in [-0.39, 0.29) is 0 Å². The van der Waals surface area contributed by atoms with Crippen LogP contribution in [0.2, 0.25) is 0 Å². The average molecular weight is 394 g/mol. The number of allylic oxidation sites excluding steroid dienone is 2. The van der Waals surface area contributed by atoms with E-state index in [0.29, 0.717) is 0 Å². The summed E-state index contributed by atoms with van der Waals surface area (Å²) in [7, 11) is 0. The van der Waals surface area contributed by atoms with Gasteiger partial charge in [0.1, 0.15) is 0 Å². The molecule has 0 aromatic heterocycles. The van der Waals surface area contributed by atoms with E-state index in [1.165, 1.54) is 0 Å². The maximum Gasteiger partial charge on any atom is 0.0204 e. The molecular formula is C20H27I. The van der Waals surface area contributed by atoms with Crippen LogP contribution in [0.1, 0.15) is 57.8 Å². The largest absolute Gasteiger partial charge is 0.0817 e. The van der Waals surface area contributed by atoms with E-state index in [0.717, 1.165) is 51.3 Å². The number of alkyl halides is 1. The Morgan fingerprint density at radius 2 is 1.14 bits per heavy atom. The van der Waals surface area contributed by atoms with Gasteiger partial charge in [-0.05, 0) is 105 Å². The SMILES string of the molecule is IC1[C@@H]2C[C@H]3C[C@@H](C2)C(=C2C4CC5CC(C4)CC2C5)[C@@H]1C3. The Labute approximate surface area is 142 Å².